The maximum absolute atomic E-state index is 11.8. The van der Waals surface area contributed by atoms with Crippen molar-refractivity contribution >= 4 is 28.3 Å². The molecule has 7 heteroatoms. The molecule has 2 N–H and O–H groups in total. The molecule has 0 aromatic carbocycles. The lowest BCUT2D eigenvalue weighted by Crippen LogP contribution is -2.24. The third-order valence-electron chi connectivity index (χ3n) is 3.11. The van der Waals surface area contributed by atoms with Crippen LogP contribution < -0.4 is 10.6 Å². The second-order valence-electron chi connectivity index (χ2n) is 4.94. The first kappa shape index (κ1) is 13.8. The van der Waals surface area contributed by atoms with Gasteiger partial charge >= 0.3 is 0 Å². The second kappa shape index (κ2) is 6.09. The topological polar surface area (TPSA) is 84.2 Å². The molecular weight excluding hydrogens is 290 g/mol. The van der Waals surface area contributed by atoms with Crippen molar-refractivity contribution in [2.45, 2.75) is 25.8 Å². The molecule has 2 heterocycles. The predicted octanol–water partition coefficient (Wildman–Crippen LogP) is 1.94. The summed E-state index contributed by atoms with van der Waals surface area (Å²) in [6, 6.07) is 3.57. The Hall–Kier alpha value is -2.15. The highest BCUT2D eigenvalue weighted by Gasteiger charge is 2.30. The molecule has 0 spiro atoms. The highest BCUT2D eigenvalue weighted by molar-refractivity contribution is 7.13. The second-order valence-corrected chi connectivity index (χ2v) is 5.80. The molecule has 1 fully saturated rings. The molecule has 21 heavy (non-hydrogen) atoms. The van der Waals surface area contributed by atoms with Gasteiger partial charge in [-0.1, -0.05) is 0 Å². The summed E-state index contributed by atoms with van der Waals surface area (Å²) in [5, 5.41) is 7.87. The van der Waals surface area contributed by atoms with E-state index in [0.29, 0.717) is 23.1 Å². The van der Waals surface area contributed by atoms with E-state index in [4.69, 9.17) is 4.42 Å². The zero-order valence-corrected chi connectivity index (χ0v) is 12.1. The third kappa shape index (κ3) is 3.91. The van der Waals surface area contributed by atoms with Gasteiger partial charge < -0.3 is 15.1 Å². The van der Waals surface area contributed by atoms with Crippen molar-refractivity contribution in [2.75, 3.05) is 5.32 Å². The highest BCUT2D eigenvalue weighted by atomic mass is 32.1. The molecule has 0 radical (unpaired) electrons. The fourth-order valence-corrected chi connectivity index (χ4v) is 2.54. The monoisotopic (exact) mass is 305 g/mol. The van der Waals surface area contributed by atoms with Crippen LogP contribution in [0.5, 0.6) is 0 Å². The number of nitrogens with one attached hydrogen (secondary N) is 2. The van der Waals surface area contributed by atoms with Crippen LogP contribution in [-0.4, -0.2) is 16.8 Å². The van der Waals surface area contributed by atoms with Crippen molar-refractivity contribution in [1.29, 1.82) is 0 Å². The lowest BCUT2D eigenvalue weighted by atomic mass is 10.3. The fourth-order valence-electron chi connectivity index (χ4n) is 1.82. The number of carbonyl (C=O) groups excluding carboxylic acids is 2. The Morgan fingerprint density at radius 2 is 2.29 bits per heavy atom. The number of rotatable bonds is 6. The van der Waals surface area contributed by atoms with Crippen LogP contribution in [0.4, 0.5) is 5.13 Å². The predicted molar refractivity (Wildman–Crippen MR) is 77.7 cm³/mol. The molecule has 6 nitrogen and oxygen atoms in total. The molecule has 0 aliphatic heterocycles. The number of carbonyl (C=O) groups is 2. The average molecular weight is 305 g/mol. The Morgan fingerprint density at radius 3 is 3.00 bits per heavy atom. The molecule has 0 bridgehead atoms. The highest BCUT2D eigenvalue weighted by Crippen LogP contribution is 2.30. The zero-order chi connectivity index (χ0) is 14.7. The number of hydrogen-bond donors (Lipinski definition) is 2. The van der Waals surface area contributed by atoms with Crippen molar-refractivity contribution in [1.82, 2.24) is 10.3 Å². The molecule has 3 rings (SSSR count). The maximum Gasteiger partial charge on any atom is 0.229 e. The van der Waals surface area contributed by atoms with Gasteiger partial charge in [-0.05, 0) is 25.0 Å². The first-order chi connectivity index (χ1) is 10.2. The normalized spacial score (nSPS) is 13.9. The van der Waals surface area contributed by atoms with E-state index in [0.717, 1.165) is 12.8 Å². The lowest BCUT2D eigenvalue weighted by Gasteiger charge is -2.01. The third-order valence-corrected chi connectivity index (χ3v) is 3.92. The van der Waals surface area contributed by atoms with E-state index in [-0.39, 0.29) is 24.2 Å². The number of hydrogen-bond acceptors (Lipinski definition) is 5. The van der Waals surface area contributed by atoms with Crippen LogP contribution in [0.2, 0.25) is 0 Å². The van der Waals surface area contributed by atoms with Crippen molar-refractivity contribution in [3.05, 3.63) is 35.2 Å². The van der Waals surface area contributed by atoms with Crippen molar-refractivity contribution in [2.24, 2.45) is 5.92 Å². The largest absolute Gasteiger partial charge is 0.467 e. The number of thiazole rings is 1. The van der Waals surface area contributed by atoms with Gasteiger partial charge in [0.05, 0.1) is 24.9 Å². The van der Waals surface area contributed by atoms with Gasteiger partial charge in [0, 0.05) is 11.3 Å². The molecule has 2 aromatic rings. The van der Waals surface area contributed by atoms with Crippen LogP contribution in [0.15, 0.2) is 28.2 Å². The van der Waals surface area contributed by atoms with Gasteiger partial charge in [-0.3, -0.25) is 9.59 Å². The van der Waals surface area contributed by atoms with E-state index in [2.05, 4.69) is 15.6 Å². The molecule has 1 aliphatic carbocycles. The SMILES string of the molecule is O=C(Cc1csc(NC(=O)C2CC2)n1)NCc1ccco1. The number of nitrogens with zero attached hydrogens (tertiary/aromatic N) is 1. The van der Waals surface area contributed by atoms with Crippen LogP contribution >= 0.6 is 11.3 Å². The van der Waals surface area contributed by atoms with Crippen molar-refractivity contribution in [3.8, 4) is 0 Å². The quantitative estimate of drug-likeness (QED) is 0.854. The van der Waals surface area contributed by atoms with Crippen LogP contribution in [0.3, 0.4) is 0 Å². The summed E-state index contributed by atoms with van der Waals surface area (Å²) < 4.78 is 5.13. The van der Waals surface area contributed by atoms with Gasteiger partial charge in [0.1, 0.15) is 5.76 Å². The molecule has 2 aromatic heterocycles. The summed E-state index contributed by atoms with van der Waals surface area (Å²) in [6.07, 6.45) is 3.67. The first-order valence-electron chi connectivity index (χ1n) is 6.75. The summed E-state index contributed by atoms with van der Waals surface area (Å²) in [6.45, 7) is 0.362. The van der Waals surface area contributed by atoms with Gasteiger partial charge in [0.25, 0.3) is 0 Å². The van der Waals surface area contributed by atoms with E-state index in [9.17, 15) is 9.59 Å². The van der Waals surface area contributed by atoms with E-state index >= 15 is 0 Å². The Balaban J connectivity index is 1.47. The van der Waals surface area contributed by atoms with E-state index in [1.165, 1.54) is 11.3 Å². The van der Waals surface area contributed by atoms with Crippen molar-refractivity contribution < 1.29 is 14.0 Å². The van der Waals surface area contributed by atoms with Gasteiger partial charge in [-0.2, -0.15) is 0 Å². The van der Waals surface area contributed by atoms with Crippen molar-refractivity contribution in [3.63, 3.8) is 0 Å². The van der Waals surface area contributed by atoms with E-state index in [1.54, 1.807) is 23.8 Å². The van der Waals surface area contributed by atoms with Crippen LogP contribution in [0, 0.1) is 5.92 Å². The summed E-state index contributed by atoms with van der Waals surface area (Å²) >= 11 is 1.34. The standard InChI is InChI=1S/C14H15N3O3S/c18-12(15-7-11-2-1-5-20-11)6-10-8-21-14(16-10)17-13(19)9-3-4-9/h1-2,5,8-9H,3-4,6-7H2,(H,15,18)(H,16,17,19). The molecule has 2 amide bonds. The Morgan fingerprint density at radius 1 is 1.43 bits per heavy atom. The van der Waals surface area contributed by atoms with Crippen LogP contribution in [0.1, 0.15) is 24.3 Å². The Labute approximate surface area is 125 Å². The minimum Gasteiger partial charge on any atom is -0.467 e. The van der Waals surface area contributed by atoms with Gasteiger partial charge in [-0.25, -0.2) is 4.98 Å². The Kier molecular flexibility index (Phi) is 4.01. The minimum absolute atomic E-state index is 0.0261. The van der Waals surface area contributed by atoms with Crippen LogP contribution in [-0.2, 0) is 22.6 Å². The van der Waals surface area contributed by atoms with Gasteiger partial charge in [-0.15, -0.1) is 11.3 Å². The molecular formula is C14H15N3O3S. The first-order valence-corrected chi connectivity index (χ1v) is 7.63. The van der Waals surface area contributed by atoms with Gasteiger partial charge in [0.2, 0.25) is 11.8 Å². The zero-order valence-electron chi connectivity index (χ0n) is 11.3. The molecule has 0 unspecified atom stereocenters. The number of aromatic nitrogens is 1. The average Bonchev–Trinajstić information content (AvgIpc) is 3.02. The van der Waals surface area contributed by atoms with Gasteiger partial charge in [0.15, 0.2) is 5.13 Å². The molecule has 0 saturated heterocycles. The van der Waals surface area contributed by atoms with E-state index in [1.807, 2.05) is 0 Å². The molecule has 1 saturated carbocycles. The number of amides is 2. The van der Waals surface area contributed by atoms with E-state index < -0.39 is 0 Å². The molecule has 110 valence electrons. The minimum atomic E-state index is -0.128. The summed E-state index contributed by atoms with van der Waals surface area (Å²) in [5.41, 5.74) is 0.656. The maximum atomic E-state index is 11.8. The summed E-state index contributed by atoms with van der Waals surface area (Å²) in [5.74, 6) is 0.753. The molecule has 0 atom stereocenters. The summed E-state index contributed by atoms with van der Waals surface area (Å²) in [4.78, 5) is 27.6. The number of furan rings is 1. The molecule has 1 aliphatic rings. The smallest absolute Gasteiger partial charge is 0.229 e. The Bertz CT molecular complexity index is 632. The van der Waals surface area contributed by atoms with Crippen LogP contribution in [0.25, 0.3) is 0 Å². The number of anilines is 1. The fraction of sp³-hybridized carbons (Fsp3) is 0.357. The summed E-state index contributed by atoms with van der Waals surface area (Å²) in [7, 11) is 0. The lowest BCUT2D eigenvalue weighted by molar-refractivity contribution is -0.120.